The zero-order valence-corrected chi connectivity index (χ0v) is 12.6. The third-order valence-corrected chi connectivity index (χ3v) is 5.36. The van der Waals surface area contributed by atoms with E-state index in [-0.39, 0.29) is 0 Å². The number of nitrogens with zero attached hydrogens (tertiary/aromatic N) is 1. The van der Waals surface area contributed by atoms with Gasteiger partial charge in [0.1, 0.15) is 0 Å². The van der Waals surface area contributed by atoms with E-state index in [1.54, 1.807) is 0 Å². The molecule has 2 nitrogen and oxygen atoms in total. The Kier molecular flexibility index (Phi) is 3.49. The Bertz CT molecular complexity index is 482. The number of piperazine rings is 1. The number of halogens is 1. The van der Waals surface area contributed by atoms with Crippen molar-refractivity contribution >= 4 is 11.6 Å². The van der Waals surface area contributed by atoms with Gasteiger partial charge < -0.3 is 5.32 Å². The average Bonchev–Trinajstić information content (AvgIpc) is 3.30. The van der Waals surface area contributed by atoms with Crippen molar-refractivity contribution in [3.8, 4) is 0 Å². The summed E-state index contributed by atoms with van der Waals surface area (Å²) in [6.45, 7) is 3.47. The largest absolute Gasteiger partial charge is 0.311 e. The van der Waals surface area contributed by atoms with Crippen molar-refractivity contribution < 1.29 is 0 Å². The molecule has 3 fully saturated rings. The highest BCUT2D eigenvalue weighted by Crippen LogP contribution is 2.40. The van der Waals surface area contributed by atoms with Gasteiger partial charge in [-0.2, -0.15) is 0 Å². The number of hydrogen-bond donors (Lipinski definition) is 1. The van der Waals surface area contributed by atoms with E-state index in [4.69, 9.17) is 11.6 Å². The van der Waals surface area contributed by atoms with E-state index in [1.165, 1.54) is 44.3 Å². The van der Waals surface area contributed by atoms with Crippen LogP contribution in [-0.4, -0.2) is 30.1 Å². The molecule has 2 saturated carbocycles. The highest BCUT2D eigenvalue weighted by molar-refractivity contribution is 6.30. The standard InChI is InChI=1S/C17H23ClN2/c18-15-3-1-2-12(8-15)10-20-11-16(13-4-5-13)19-9-17(20)14-6-7-14/h1-3,8,13-14,16-17,19H,4-7,9-11H2. The molecule has 3 aliphatic rings. The number of benzene rings is 1. The molecule has 0 bridgehead atoms. The van der Waals surface area contributed by atoms with Gasteiger partial charge in [0.05, 0.1) is 0 Å². The van der Waals surface area contributed by atoms with E-state index in [0.717, 1.165) is 35.5 Å². The van der Waals surface area contributed by atoms with E-state index in [1.807, 2.05) is 6.07 Å². The van der Waals surface area contributed by atoms with Gasteiger partial charge in [-0.05, 0) is 55.2 Å². The van der Waals surface area contributed by atoms with Crippen molar-refractivity contribution in [2.75, 3.05) is 13.1 Å². The van der Waals surface area contributed by atoms with Crippen molar-refractivity contribution in [1.82, 2.24) is 10.2 Å². The van der Waals surface area contributed by atoms with E-state index in [2.05, 4.69) is 28.4 Å². The van der Waals surface area contributed by atoms with Crippen LogP contribution in [0.1, 0.15) is 31.2 Å². The minimum Gasteiger partial charge on any atom is -0.311 e. The summed E-state index contributed by atoms with van der Waals surface area (Å²) in [4.78, 5) is 2.73. The van der Waals surface area contributed by atoms with Crippen molar-refractivity contribution in [3.05, 3.63) is 34.9 Å². The third-order valence-electron chi connectivity index (χ3n) is 5.12. The van der Waals surface area contributed by atoms with Crippen LogP contribution in [0.4, 0.5) is 0 Å². The average molecular weight is 291 g/mol. The molecule has 108 valence electrons. The smallest absolute Gasteiger partial charge is 0.0409 e. The fourth-order valence-electron chi connectivity index (χ4n) is 3.67. The molecule has 0 spiro atoms. The van der Waals surface area contributed by atoms with Gasteiger partial charge in [-0.25, -0.2) is 0 Å². The van der Waals surface area contributed by atoms with Crippen LogP contribution in [0.2, 0.25) is 5.02 Å². The van der Waals surface area contributed by atoms with Crippen LogP contribution in [0.3, 0.4) is 0 Å². The maximum absolute atomic E-state index is 6.13. The second kappa shape index (κ2) is 5.32. The first-order valence-electron chi connectivity index (χ1n) is 8.01. The second-order valence-electron chi connectivity index (χ2n) is 6.82. The van der Waals surface area contributed by atoms with Crippen LogP contribution >= 0.6 is 11.6 Å². The van der Waals surface area contributed by atoms with Crippen LogP contribution in [0, 0.1) is 11.8 Å². The van der Waals surface area contributed by atoms with Crippen molar-refractivity contribution in [3.63, 3.8) is 0 Å². The number of rotatable bonds is 4. The molecule has 4 rings (SSSR count). The molecule has 3 heteroatoms. The Morgan fingerprint density at radius 3 is 2.65 bits per heavy atom. The van der Waals surface area contributed by atoms with Gasteiger partial charge in [-0.3, -0.25) is 4.90 Å². The zero-order valence-electron chi connectivity index (χ0n) is 11.9. The molecular weight excluding hydrogens is 268 g/mol. The van der Waals surface area contributed by atoms with Gasteiger partial charge in [-0.1, -0.05) is 23.7 Å². The lowest BCUT2D eigenvalue weighted by atomic mass is 10.0. The molecule has 0 aromatic heterocycles. The summed E-state index contributed by atoms with van der Waals surface area (Å²) in [5.41, 5.74) is 1.36. The Balaban J connectivity index is 1.48. The van der Waals surface area contributed by atoms with Crippen molar-refractivity contribution in [2.45, 2.75) is 44.3 Å². The molecule has 2 atom stereocenters. The van der Waals surface area contributed by atoms with E-state index >= 15 is 0 Å². The van der Waals surface area contributed by atoms with Gasteiger partial charge in [0.15, 0.2) is 0 Å². The fraction of sp³-hybridized carbons (Fsp3) is 0.647. The monoisotopic (exact) mass is 290 g/mol. The Morgan fingerprint density at radius 1 is 1.15 bits per heavy atom. The van der Waals surface area contributed by atoms with Crippen LogP contribution in [0.15, 0.2) is 24.3 Å². The predicted molar refractivity (Wildman–Crippen MR) is 82.9 cm³/mol. The van der Waals surface area contributed by atoms with Gasteiger partial charge in [0, 0.05) is 36.7 Å². The molecule has 1 aromatic rings. The molecule has 2 aliphatic carbocycles. The lowest BCUT2D eigenvalue weighted by Crippen LogP contribution is -2.57. The molecule has 1 aromatic carbocycles. The molecule has 1 N–H and O–H groups in total. The maximum Gasteiger partial charge on any atom is 0.0409 e. The van der Waals surface area contributed by atoms with Gasteiger partial charge in [0.25, 0.3) is 0 Å². The van der Waals surface area contributed by atoms with E-state index in [0.29, 0.717) is 0 Å². The van der Waals surface area contributed by atoms with Gasteiger partial charge in [-0.15, -0.1) is 0 Å². The Hall–Kier alpha value is -0.570. The summed E-state index contributed by atoms with van der Waals surface area (Å²) >= 11 is 6.13. The first kappa shape index (κ1) is 13.1. The topological polar surface area (TPSA) is 15.3 Å². The minimum absolute atomic E-state index is 0.726. The molecule has 0 radical (unpaired) electrons. The molecule has 1 saturated heterocycles. The summed E-state index contributed by atoms with van der Waals surface area (Å²) in [5.74, 6) is 1.87. The normalized spacial score (nSPS) is 31.4. The molecule has 1 aliphatic heterocycles. The predicted octanol–water partition coefficient (Wildman–Crippen LogP) is 3.30. The summed E-state index contributed by atoms with van der Waals surface area (Å²) in [5, 5.41) is 4.67. The van der Waals surface area contributed by atoms with Gasteiger partial charge in [0.2, 0.25) is 0 Å². The lowest BCUT2D eigenvalue weighted by Gasteiger charge is -2.41. The molecule has 0 amide bonds. The Labute approximate surface area is 126 Å². The van der Waals surface area contributed by atoms with Crippen LogP contribution in [0.5, 0.6) is 0 Å². The number of nitrogens with one attached hydrogen (secondary N) is 1. The summed E-state index contributed by atoms with van der Waals surface area (Å²) in [6, 6.07) is 9.84. The first-order valence-corrected chi connectivity index (χ1v) is 8.39. The maximum atomic E-state index is 6.13. The van der Waals surface area contributed by atoms with Crippen molar-refractivity contribution in [1.29, 1.82) is 0 Å². The highest BCUT2D eigenvalue weighted by Gasteiger charge is 2.42. The quantitative estimate of drug-likeness (QED) is 0.915. The first-order chi connectivity index (χ1) is 9.79. The third kappa shape index (κ3) is 2.88. The molecule has 20 heavy (non-hydrogen) atoms. The van der Waals surface area contributed by atoms with E-state index < -0.39 is 0 Å². The van der Waals surface area contributed by atoms with Crippen LogP contribution in [-0.2, 0) is 6.54 Å². The fourth-order valence-corrected chi connectivity index (χ4v) is 3.88. The number of hydrogen-bond acceptors (Lipinski definition) is 2. The second-order valence-corrected chi connectivity index (χ2v) is 7.25. The van der Waals surface area contributed by atoms with Crippen LogP contribution < -0.4 is 5.32 Å². The van der Waals surface area contributed by atoms with Crippen molar-refractivity contribution in [2.24, 2.45) is 11.8 Å². The Morgan fingerprint density at radius 2 is 1.95 bits per heavy atom. The lowest BCUT2D eigenvalue weighted by molar-refractivity contribution is 0.100. The molecular formula is C17H23ClN2. The highest BCUT2D eigenvalue weighted by atomic mass is 35.5. The minimum atomic E-state index is 0.726. The zero-order chi connectivity index (χ0) is 13.5. The summed E-state index contributed by atoms with van der Waals surface area (Å²) < 4.78 is 0. The SMILES string of the molecule is Clc1cccc(CN2CC(C3CC3)NCC2C2CC2)c1. The summed E-state index contributed by atoms with van der Waals surface area (Å²) in [7, 11) is 0. The van der Waals surface area contributed by atoms with E-state index in [9.17, 15) is 0 Å². The molecule has 2 unspecified atom stereocenters. The van der Waals surface area contributed by atoms with Gasteiger partial charge >= 0.3 is 0 Å². The summed E-state index contributed by atoms with van der Waals surface area (Å²) in [6.07, 6.45) is 5.70. The molecule has 1 heterocycles. The van der Waals surface area contributed by atoms with Crippen LogP contribution in [0.25, 0.3) is 0 Å².